The van der Waals surface area contributed by atoms with E-state index in [-0.39, 0.29) is 6.42 Å². The van der Waals surface area contributed by atoms with E-state index in [2.05, 4.69) is 11.8 Å². The fourth-order valence-corrected chi connectivity index (χ4v) is 1.73. The van der Waals surface area contributed by atoms with Crippen molar-refractivity contribution >= 4 is 5.97 Å². The predicted molar refractivity (Wildman–Crippen MR) is 74.8 cm³/mol. The molecule has 3 heteroatoms. The van der Waals surface area contributed by atoms with Crippen LogP contribution in [0.2, 0.25) is 0 Å². The molecule has 0 fully saturated rings. The average Bonchev–Trinajstić information content (AvgIpc) is 2.45. The van der Waals surface area contributed by atoms with E-state index >= 15 is 0 Å². The molecule has 2 aromatic rings. The second kappa shape index (κ2) is 6.53. The zero-order chi connectivity index (χ0) is 14.4. The third kappa shape index (κ3) is 3.96. The minimum Gasteiger partial charge on any atom is -0.481 e. The van der Waals surface area contributed by atoms with E-state index in [1.807, 2.05) is 30.3 Å². The molecule has 0 aliphatic carbocycles. The average molecular weight is 268 g/mol. The first kappa shape index (κ1) is 13.8. The van der Waals surface area contributed by atoms with Crippen molar-refractivity contribution in [2.45, 2.75) is 12.8 Å². The summed E-state index contributed by atoms with van der Waals surface area (Å²) in [5.41, 5.74) is 1.80. The molecule has 0 aliphatic rings. The van der Waals surface area contributed by atoms with Crippen LogP contribution < -0.4 is 0 Å². The Morgan fingerprint density at radius 1 is 1.10 bits per heavy atom. The van der Waals surface area contributed by atoms with Crippen LogP contribution in [0, 0.1) is 17.7 Å². The van der Waals surface area contributed by atoms with Crippen LogP contribution in [-0.4, -0.2) is 11.1 Å². The van der Waals surface area contributed by atoms with Gasteiger partial charge in [0.15, 0.2) is 0 Å². The van der Waals surface area contributed by atoms with E-state index in [0.29, 0.717) is 17.5 Å². The smallest absolute Gasteiger partial charge is 0.303 e. The molecule has 0 spiro atoms. The topological polar surface area (TPSA) is 37.3 Å². The molecule has 0 bridgehead atoms. The Labute approximate surface area is 116 Å². The van der Waals surface area contributed by atoms with Gasteiger partial charge in [-0.15, -0.1) is 0 Å². The molecular weight excluding hydrogens is 255 g/mol. The fraction of sp³-hybridized carbons (Fsp3) is 0.118. The van der Waals surface area contributed by atoms with Crippen molar-refractivity contribution < 1.29 is 14.3 Å². The summed E-state index contributed by atoms with van der Waals surface area (Å²) in [5, 5.41) is 8.59. The Morgan fingerprint density at radius 3 is 2.50 bits per heavy atom. The van der Waals surface area contributed by atoms with Gasteiger partial charge in [0.05, 0.1) is 5.56 Å². The normalized spacial score (nSPS) is 9.65. The van der Waals surface area contributed by atoms with Gasteiger partial charge in [-0.2, -0.15) is 0 Å². The summed E-state index contributed by atoms with van der Waals surface area (Å²) >= 11 is 0. The Kier molecular flexibility index (Phi) is 4.52. The van der Waals surface area contributed by atoms with Crippen molar-refractivity contribution in [1.82, 2.24) is 0 Å². The first-order valence-electron chi connectivity index (χ1n) is 6.22. The highest BCUT2D eigenvalue weighted by molar-refractivity contribution is 5.67. The van der Waals surface area contributed by atoms with Gasteiger partial charge >= 0.3 is 5.97 Å². The van der Waals surface area contributed by atoms with Crippen LogP contribution in [-0.2, 0) is 11.2 Å². The van der Waals surface area contributed by atoms with Crippen LogP contribution in [0.1, 0.15) is 23.1 Å². The quantitative estimate of drug-likeness (QED) is 0.868. The molecule has 0 amide bonds. The van der Waals surface area contributed by atoms with Crippen molar-refractivity contribution in [3.63, 3.8) is 0 Å². The Balaban J connectivity index is 2.14. The molecule has 0 heterocycles. The number of rotatable bonds is 3. The molecule has 0 unspecified atom stereocenters. The Bertz CT molecular complexity index is 666. The van der Waals surface area contributed by atoms with Crippen LogP contribution in [0.3, 0.4) is 0 Å². The van der Waals surface area contributed by atoms with E-state index < -0.39 is 11.8 Å². The van der Waals surface area contributed by atoms with Crippen molar-refractivity contribution in [1.29, 1.82) is 0 Å². The molecule has 0 saturated carbocycles. The van der Waals surface area contributed by atoms with Gasteiger partial charge in [0.1, 0.15) is 5.82 Å². The van der Waals surface area contributed by atoms with Gasteiger partial charge in [-0.05, 0) is 36.2 Å². The number of aliphatic carboxylic acids is 1. The molecule has 2 rings (SSSR count). The number of carboxylic acids is 1. The predicted octanol–water partition coefficient (Wildman–Crippen LogP) is 3.24. The maximum Gasteiger partial charge on any atom is 0.303 e. The van der Waals surface area contributed by atoms with Crippen LogP contribution in [0.15, 0.2) is 48.5 Å². The Hall–Kier alpha value is -2.60. The zero-order valence-electron chi connectivity index (χ0n) is 10.8. The van der Waals surface area contributed by atoms with E-state index in [1.54, 1.807) is 12.1 Å². The summed E-state index contributed by atoms with van der Waals surface area (Å²) in [6.07, 6.45) is 0.313. The highest BCUT2D eigenvalue weighted by Gasteiger charge is 2.03. The number of hydrogen-bond donors (Lipinski definition) is 1. The lowest BCUT2D eigenvalue weighted by Crippen LogP contribution is -1.98. The highest BCUT2D eigenvalue weighted by Crippen LogP contribution is 2.11. The molecule has 0 saturated heterocycles. The van der Waals surface area contributed by atoms with Gasteiger partial charge in [-0.1, -0.05) is 36.1 Å². The van der Waals surface area contributed by atoms with Crippen molar-refractivity contribution in [3.05, 3.63) is 71.0 Å². The number of aryl methyl sites for hydroxylation is 1. The van der Waals surface area contributed by atoms with Crippen LogP contribution in [0.5, 0.6) is 0 Å². The van der Waals surface area contributed by atoms with Gasteiger partial charge in [0, 0.05) is 12.0 Å². The van der Waals surface area contributed by atoms with Crippen LogP contribution >= 0.6 is 0 Å². The number of halogens is 1. The van der Waals surface area contributed by atoms with Gasteiger partial charge < -0.3 is 5.11 Å². The summed E-state index contributed by atoms with van der Waals surface area (Å²) in [7, 11) is 0. The van der Waals surface area contributed by atoms with Gasteiger partial charge in [-0.3, -0.25) is 4.79 Å². The van der Waals surface area contributed by atoms with E-state index in [0.717, 1.165) is 5.56 Å². The van der Waals surface area contributed by atoms with E-state index in [1.165, 1.54) is 6.07 Å². The molecule has 100 valence electrons. The molecule has 2 aromatic carbocycles. The third-order valence-electron chi connectivity index (χ3n) is 2.78. The summed E-state index contributed by atoms with van der Waals surface area (Å²) < 4.78 is 13.8. The number of hydrogen-bond acceptors (Lipinski definition) is 1. The highest BCUT2D eigenvalue weighted by atomic mass is 19.1. The van der Waals surface area contributed by atoms with Crippen LogP contribution in [0.4, 0.5) is 4.39 Å². The van der Waals surface area contributed by atoms with Gasteiger partial charge in [0.25, 0.3) is 0 Å². The van der Waals surface area contributed by atoms with E-state index in [9.17, 15) is 9.18 Å². The minimum absolute atomic E-state index is 0.00548. The van der Waals surface area contributed by atoms with Crippen molar-refractivity contribution in [2.24, 2.45) is 0 Å². The molecule has 1 N–H and O–H groups in total. The summed E-state index contributed by atoms with van der Waals surface area (Å²) in [6, 6.07) is 14.0. The summed E-state index contributed by atoms with van der Waals surface area (Å²) in [5.74, 6) is 4.36. The molecule has 0 atom stereocenters. The van der Waals surface area contributed by atoms with Crippen LogP contribution in [0.25, 0.3) is 0 Å². The Morgan fingerprint density at radius 2 is 1.85 bits per heavy atom. The van der Waals surface area contributed by atoms with Gasteiger partial charge in [-0.25, -0.2) is 4.39 Å². The summed E-state index contributed by atoms with van der Waals surface area (Å²) in [6.45, 7) is 0. The maximum atomic E-state index is 13.8. The summed E-state index contributed by atoms with van der Waals surface area (Å²) in [4.78, 5) is 10.5. The first-order chi connectivity index (χ1) is 9.65. The molecular formula is C17H13FO2. The lowest BCUT2D eigenvalue weighted by Gasteiger charge is -2.00. The van der Waals surface area contributed by atoms with Crippen molar-refractivity contribution in [3.8, 4) is 11.8 Å². The second-order valence-corrected chi connectivity index (χ2v) is 4.32. The maximum absolute atomic E-state index is 13.8. The van der Waals surface area contributed by atoms with E-state index in [4.69, 9.17) is 5.11 Å². The SMILES string of the molecule is O=C(O)CCc1ccc(C#Cc2ccccc2)c(F)c1. The lowest BCUT2D eigenvalue weighted by molar-refractivity contribution is -0.136. The molecule has 2 nitrogen and oxygen atoms in total. The minimum atomic E-state index is -0.890. The number of carboxylic acid groups (broad SMARTS) is 1. The standard InChI is InChI=1S/C17H13FO2/c18-16-12-14(8-11-17(19)20)7-10-15(16)9-6-13-4-2-1-3-5-13/h1-5,7,10,12H,8,11H2,(H,19,20). The monoisotopic (exact) mass is 268 g/mol. The molecule has 0 aliphatic heterocycles. The lowest BCUT2D eigenvalue weighted by atomic mass is 10.1. The molecule has 0 aromatic heterocycles. The van der Waals surface area contributed by atoms with Crippen molar-refractivity contribution in [2.75, 3.05) is 0 Å². The largest absolute Gasteiger partial charge is 0.481 e. The molecule has 20 heavy (non-hydrogen) atoms. The number of benzene rings is 2. The first-order valence-corrected chi connectivity index (χ1v) is 6.22. The second-order valence-electron chi connectivity index (χ2n) is 4.32. The number of carbonyl (C=O) groups is 1. The zero-order valence-corrected chi connectivity index (χ0v) is 10.8. The molecule has 0 radical (unpaired) electrons. The fourth-order valence-electron chi connectivity index (χ4n) is 1.73. The third-order valence-corrected chi connectivity index (χ3v) is 2.78. The van der Waals surface area contributed by atoms with Gasteiger partial charge in [0.2, 0.25) is 0 Å².